The SMILES string of the molecule is CCCn1cc(-c2ccc(/C=C/C(=O)c3c(Cc4ccccc4)c4cc(Cl)ccc4[nH]c3=O)cc2)cn1. The molecule has 0 amide bonds. The van der Waals surface area contributed by atoms with Crippen LogP contribution in [0, 0.1) is 0 Å². The summed E-state index contributed by atoms with van der Waals surface area (Å²) in [6.07, 6.45) is 8.56. The van der Waals surface area contributed by atoms with Gasteiger partial charge in [-0.05, 0) is 59.4 Å². The lowest BCUT2D eigenvalue weighted by atomic mass is 9.94. The van der Waals surface area contributed by atoms with Crippen LogP contribution in [-0.4, -0.2) is 20.5 Å². The molecule has 2 heterocycles. The van der Waals surface area contributed by atoms with Crippen molar-refractivity contribution in [2.45, 2.75) is 26.3 Å². The van der Waals surface area contributed by atoms with Gasteiger partial charge in [-0.1, -0.05) is 79.2 Å². The summed E-state index contributed by atoms with van der Waals surface area (Å²) in [7, 11) is 0. The van der Waals surface area contributed by atoms with Crippen molar-refractivity contribution in [2.24, 2.45) is 0 Å². The second kappa shape index (κ2) is 10.8. The molecule has 5 nitrogen and oxygen atoms in total. The minimum atomic E-state index is -0.408. The lowest BCUT2D eigenvalue weighted by molar-refractivity contribution is 0.104. The molecule has 0 spiro atoms. The summed E-state index contributed by atoms with van der Waals surface area (Å²) < 4.78 is 1.93. The molecule has 5 rings (SSSR count). The number of aryl methyl sites for hydroxylation is 1. The fraction of sp³-hybridized carbons (Fsp3) is 0.129. The summed E-state index contributed by atoms with van der Waals surface area (Å²) in [5, 5.41) is 5.70. The molecular weight excluding hydrogens is 482 g/mol. The van der Waals surface area contributed by atoms with Gasteiger partial charge in [-0.25, -0.2) is 0 Å². The number of nitrogens with one attached hydrogen (secondary N) is 1. The van der Waals surface area contributed by atoms with Gasteiger partial charge in [0.05, 0.1) is 11.8 Å². The molecule has 0 fully saturated rings. The first-order valence-electron chi connectivity index (χ1n) is 12.3. The third kappa shape index (κ3) is 5.47. The Morgan fingerprint density at radius 1 is 1.03 bits per heavy atom. The zero-order valence-electron chi connectivity index (χ0n) is 20.4. The molecule has 3 aromatic carbocycles. The number of benzene rings is 3. The van der Waals surface area contributed by atoms with Gasteiger partial charge < -0.3 is 4.98 Å². The van der Waals surface area contributed by atoms with Gasteiger partial charge in [-0.3, -0.25) is 14.3 Å². The minimum absolute atomic E-state index is 0.134. The van der Waals surface area contributed by atoms with E-state index in [0.29, 0.717) is 22.5 Å². The molecule has 37 heavy (non-hydrogen) atoms. The fourth-order valence-electron chi connectivity index (χ4n) is 4.48. The van der Waals surface area contributed by atoms with Crippen LogP contribution >= 0.6 is 11.6 Å². The number of hydrogen-bond donors (Lipinski definition) is 1. The molecule has 5 aromatic rings. The van der Waals surface area contributed by atoms with Crippen LogP contribution in [-0.2, 0) is 13.0 Å². The lowest BCUT2D eigenvalue weighted by Crippen LogP contribution is -2.20. The highest BCUT2D eigenvalue weighted by atomic mass is 35.5. The number of rotatable bonds is 8. The van der Waals surface area contributed by atoms with E-state index in [1.165, 1.54) is 6.08 Å². The summed E-state index contributed by atoms with van der Waals surface area (Å²) in [5.41, 5.74) is 5.02. The van der Waals surface area contributed by atoms with Crippen molar-refractivity contribution in [2.75, 3.05) is 0 Å². The molecule has 0 saturated heterocycles. The molecule has 0 atom stereocenters. The van der Waals surface area contributed by atoms with Gasteiger partial charge in [-0.2, -0.15) is 5.10 Å². The summed E-state index contributed by atoms with van der Waals surface area (Å²) in [5.74, 6) is -0.348. The first-order valence-corrected chi connectivity index (χ1v) is 12.6. The molecule has 184 valence electrons. The predicted molar refractivity (Wildman–Crippen MR) is 150 cm³/mol. The van der Waals surface area contributed by atoms with E-state index in [1.807, 2.05) is 71.7 Å². The van der Waals surface area contributed by atoms with Gasteiger partial charge >= 0.3 is 0 Å². The van der Waals surface area contributed by atoms with E-state index in [9.17, 15) is 9.59 Å². The average molecular weight is 508 g/mol. The van der Waals surface area contributed by atoms with E-state index >= 15 is 0 Å². The Morgan fingerprint density at radius 2 is 1.81 bits per heavy atom. The number of aromatic nitrogens is 3. The fourth-order valence-corrected chi connectivity index (χ4v) is 4.65. The number of ketones is 1. The normalized spacial score (nSPS) is 11.4. The van der Waals surface area contributed by atoms with Crippen LogP contribution in [0.4, 0.5) is 0 Å². The highest BCUT2D eigenvalue weighted by Gasteiger charge is 2.18. The summed E-state index contributed by atoms with van der Waals surface area (Å²) in [6, 6.07) is 23.0. The van der Waals surface area contributed by atoms with Crippen LogP contribution in [0.1, 0.15) is 40.4 Å². The van der Waals surface area contributed by atoms with Crippen LogP contribution < -0.4 is 5.56 Å². The molecule has 6 heteroatoms. The molecular formula is C31H26ClN3O2. The van der Waals surface area contributed by atoms with E-state index in [0.717, 1.165) is 40.6 Å². The first-order chi connectivity index (χ1) is 18.0. The third-order valence-corrected chi connectivity index (χ3v) is 6.55. The Hall–Kier alpha value is -4.22. The van der Waals surface area contributed by atoms with Crippen molar-refractivity contribution in [3.63, 3.8) is 0 Å². The Balaban J connectivity index is 1.46. The van der Waals surface area contributed by atoms with E-state index in [1.54, 1.807) is 24.3 Å². The van der Waals surface area contributed by atoms with Crippen LogP contribution in [0.2, 0.25) is 5.02 Å². The van der Waals surface area contributed by atoms with Gasteiger partial charge in [0, 0.05) is 34.2 Å². The predicted octanol–water partition coefficient (Wildman–Crippen LogP) is 6.94. The Kier molecular flexibility index (Phi) is 7.15. The molecule has 0 unspecified atom stereocenters. The minimum Gasteiger partial charge on any atom is -0.321 e. The molecule has 0 bridgehead atoms. The lowest BCUT2D eigenvalue weighted by Gasteiger charge is -2.12. The van der Waals surface area contributed by atoms with E-state index in [4.69, 9.17) is 11.6 Å². The monoisotopic (exact) mass is 507 g/mol. The van der Waals surface area contributed by atoms with Crippen LogP contribution in [0.3, 0.4) is 0 Å². The van der Waals surface area contributed by atoms with Gasteiger partial charge in [0.15, 0.2) is 5.78 Å². The molecule has 0 saturated carbocycles. The topological polar surface area (TPSA) is 67.8 Å². The van der Waals surface area contributed by atoms with Crippen LogP contribution in [0.25, 0.3) is 28.1 Å². The van der Waals surface area contributed by atoms with Crippen molar-refractivity contribution in [3.05, 3.63) is 129 Å². The van der Waals surface area contributed by atoms with Crippen molar-refractivity contribution >= 4 is 34.4 Å². The maximum Gasteiger partial charge on any atom is 0.259 e. The third-order valence-electron chi connectivity index (χ3n) is 6.31. The molecule has 0 aliphatic rings. The van der Waals surface area contributed by atoms with Crippen LogP contribution in [0.5, 0.6) is 0 Å². The molecule has 0 aliphatic heterocycles. The Bertz CT molecular complexity index is 1650. The van der Waals surface area contributed by atoms with Crippen molar-refractivity contribution in [1.82, 2.24) is 14.8 Å². The molecule has 0 aliphatic carbocycles. The van der Waals surface area contributed by atoms with Crippen molar-refractivity contribution in [3.8, 4) is 11.1 Å². The summed E-state index contributed by atoms with van der Waals surface area (Å²) in [4.78, 5) is 29.3. The average Bonchev–Trinajstić information content (AvgIpc) is 3.37. The summed E-state index contributed by atoms with van der Waals surface area (Å²) in [6.45, 7) is 3.00. The standard InChI is InChI=1S/C31H26ClN3O2/c1-2-16-35-20-24(19-33-35)23-11-8-21(9-12-23)10-15-29(36)30-27(17-22-6-4-3-5-7-22)26-18-25(32)13-14-28(26)34-31(30)37/h3-15,18-20H,2,16-17H2,1H3,(H,34,37)/b15-10+. The van der Waals surface area contributed by atoms with E-state index < -0.39 is 5.56 Å². The largest absolute Gasteiger partial charge is 0.321 e. The number of allylic oxidation sites excluding steroid dienone is 1. The number of nitrogens with zero attached hydrogens (tertiary/aromatic N) is 2. The highest BCUT2D eigenvalue weighted by molar-refractivity contribution is 6.31. The molecule has 1 N–H and O–H groups in total. The van der Waals surface area contributed by atoms with Gasteiger partial charge in [0.2, 0.25) is 0 Å². The van der Waals surface area contributed by atoms with Crippen LogP contribution in [0.15, 0.2) is 96.1 Å². The second-order valence-corrected chi connectivity index (χ2v) is 9.41. The van der Waals surface area contributed by atoms with E-state index in [-0.39, 0.29) is 11.3 Å². The number of carbonyl (C=O) groups is 1. The Morgan fingerprint density at radius 3 is 2.57 bits per heavy atom. The number of fused-ring (bicyclic) bond motifs is 1. The smallest absolute Gasteiger partial charge is 0.259 e. The van der Waals surface area contributed by atoms with Gasteiger partial charge in [-0.15, -0.1) is 0 Å². The zero-order valence-corrected chi connectivity index (χ0v) is 21.2. The second-order valence-electron chi connectivity index (χ2n) is 8.97. The van der Waals surface area contributed by atoms with Gasteiger partial charge in [0.1, 0.15) is 0 Å². The number of pyridine rings is 1. The number of halogens is 1. The maximum atomic E-state index is 13.4. The highest BCUT2D eigenvalue weighted by Crippen LogP contribution is 2.26. The zero-order chi connectivity index (χ0) is 25.8. The molecule has 2 aromatic heterocycles. The first kappa shape index (κ1) is 24.5. The number of H-pyrrole nitrogens is 1. The summed E-state index contributed by atoms with van der Waals surface area (Å²) >= 11 is 6.28. The van der Waals surface area contributed by atoms with Gasteiger partial charge in [0.25, 0.3) is 5.56 Å². The Labute approximate surface area is 220 Å². The van der Waals surface area contributed by atoms with Crippen molar-refractivity contribution < 1.29 is 4.79 Å². The number of aromatic amines is 1. The van der Waals surface area contributed by atoms with Crippen molar-refractivity contribution in [1.29, 1.82) is 0 Å². The maximum absolute atomic E-state index is 13.4. The number of hydrogen-bond acceptors (Lipinski definition) is 3. The quantitative estimate of drug-likeness (QED) is 0.183. The number of carbonyl (C=O) groups excluding carboxylic acids is 1. The van der Waals surface area contributed by atoms with E-state index in [2.05, 4.69) is 17.0 Å². The molecule has 0 radical (unpaired) electrons.